The van der Waals surface area contributed by atoms with E-state index in [0.717, 1.165) is 30.4 Å². The van der Waals surface area contributed by atoms with E-state index in [4.69, 9.17) is 4.98 Å². The van der Waals surface area contributed by atoms with E-state index in [2.05, 4.69) is 35.2 Å². The summed E-state index contributed by atoms with van der Waals surface area (Å²) in [5, 5.41) is 3.42. The Morgan fingerprint density at radius 2 is 2.20 bits per heavy atom. The van der Waals surface area contributed by atoms with Crippen molar-refractivity contribution in [3.8, 4) is 0 Å². The number of rotatable bonds is 6. The molecule has 1 unspecified atom stereocenters. The van der Waals surface area contributed by atoms with E-state index < -0.39 is 0 Å². The summed E-state index contributed by atoms with van der Waals surface area (Å²) in [5.41, 5.74) is 0. The highest BCUT2D eigenvalue weighted by Crippen LogP contribution is 2.39. The molecular formula is C15H24N4S. The van der Waals surface area contributed by atoms with Gasteiger partial charge < -0.3 is 10.2 Å². The Morgan fingerprint density at radius 3 is 2.85 bits per heavy atom. The fourth-order valence-corrected chi connectivity index (χ4v) is 3.78. The van der Waals surface area contributed by atoms with E-state index in [1.807, 2.05) is 11.8 Å². The first-order chi connectivity index (χ1) is 9.78. The van der Waals surface area contributed by atoms with Gasteiger partial charge in [0.25, 0.3) is 0 Å². The third-order valence-corrected chi connectivity index (χ3v) is 5.19. The number of hydrogen-bond acceptors (Lipinski definition) is 5. The van der Waals surface area contributed by atoms with Gasteiger partial charge >= 0.3 is 0 Å². The monoisotopic (exact) mass is 292 g/mol. The molecule has 0 aromatic carbocycles. The maximum atomic E-state index is 4.81. The molecule has 0 radical (unpaired) electrons. The maximum absolute atomic E-state index is 4.81. The van der Waals surface area contributed by atoms with Crippen molar-refractivity contribution in [1.29, 1.82) is 0 Å². The zero-order chi connectivity index (χ0) is 13.9. The van der Waals surface area contributed by atoms with Crippen LogP contribution in [0, 0.1) is 0 Å². The number of thioether (sulfide) groups is 1. The van der Waals surface area contributed by atoms with E-state index in [0.29, 0.717) is 12.0 Å². The molecule has 1 aliphatic carbocycles. The van der Waals surface area contributed by atoms with Crippen LogP contribution in [0.15, 0.2) is 6.07 Å². The Hall–Kier alpha value is -0.970. The third-order valence-electron chi connectivity index (χ3n) is 4.04. The van der Waals surface area contributed by atoms with Crippen LogP contribution < -0.4 is 10.2 Å². The largest absolute Gasteiger partial charge is 0.370 e. The van der Waals surface area contributed by atoms with Gasteiger partial charge in [-0.05, 0) is 31.4 Å². The second-order valence-corrected chi connectivity index (χ2v) is 6.95. The van der Waals surface area contributed by atoms with Crippen LogP contribution in [-0.2, 0) is 0 Å². The fourth-order valence-electron chi connectivity index (χ4n) is 2.52. The van der Waals surface area contributed by atoms with Crippen molar-refractivity contribution in [2.75, 3.05) is 35.3 Å². The molecule has 0 spiro atoms. The Kier molecular flexibility index (Phi) is 4.34. The Labute approximate surface area is 125 Å². The molecule has 4 nitrogen and oxygen atoms in total. The molecule has 1 atom stereocenters. The first-order valence-electron chi connectivity index (χ1n) is 7.71. The van der Waals surface area contributed by atoms with E-state index in [9.17, 15) is 0 Å². The van der Waals surface area contributed by atoms with Gasteiger partial charge in [0.05, 0.1) is 0 Å². The predicted molar refractivity (Wildman–Crippen MR) is 86.9 cm³/mol. The van der Waals surface area contributed by atoms with E-state index >= 15 is 0 Å². The molecule has 110 valence electrons. The number of hydrogen-bond donors (Lipinski definition) is 1. The first kappa shape index (κ1) is 14.0. The van der Waals surface area contributed by atoms with Crippen LogP contribution in [0.4, 0.5) is 11.6 Å². The van der Waals surface area contributed by atoms with E-state index in [-0.39, 0.29) is 0 Å². The lowest BCUT2D eigenvalue weighted by atomic mass is 10.2. The lowest BCUT2D eigenvalue weighted by Gasteiger charge is -2.25. The quantitative estimate of drug-likeness (QED) is 0.872. The number of aromatic nitrogens is 2. The molecule has 20 heavy (non-hydrogen) atoms. The number of anilines is 2. The second kappa shape index (κ2) is 6.20. The molecule has 0 amide bonds. The van der Waals surface area contributed by atoms with Crippen LogP contribution in [0.5, 0.6) is 0 Å². The number of nitrogens with one attached hydrogen (secondary N) is 1. The molecular weight excluding hydrogens is 268 g/mol. The summed E-state index contributed by atoms with van der Waals surface area (Å²) in [4.78, 5) is 11.9. The van der Waals surface area contributed by atoms with Crippen LogP contribution in [0.1, 0.15) is 44.3 Å². The predicted octanol–water partition coefficient (Wildman–Crippen LogP) is 3.12. The summed E-state index contributed by atoms with van der Waals surface area (Å²) >= 11 is 2.05. The molecule has 5 heteroatoms. The molecule has 1 saturated carbocycles. The molecule has 3 rings (SSSR count). The van der Waals surface area contributed by atoms with Crippen LogP contribution in [0.3, 0.4) is 0 Å². The van der Waals surface area contributed by atoms with E-state index in [1.54, 1.807) is 0 Å². The smallest absolute Gasteiger partial charge is 0.136 e. The molecule has 1 aromatic rings. The molecule has 0 bridgehead atoms. The zero-order valence-electron chi connectivity index (χ0n) is 12.4. The standard InChI is InChI=1S/C15H24N4S/c1-3-7-16-13-9-14(18-15(17-13)11-4-5-11)19(2)12-6-8-20-10-12/h9,11-12H,3-8,10H2,1-2H3,(H,16,17,18). The summed E-state index contributed by atoms with van der Waals surface area (Å²) in [5.74, 6) is 6.22. The summed E-state index contributed by atoms with van der Waals surface area (Å²) in [6.45, 7) is 3.16. The van der Waals surface area contributed by atoms with Crippen LogP contribution >= 0.6 is 11.8 Å². The van der Waals surface area contributed by atoms with Gasteiger partial charge in [-0.25, -0.2) is 9.97 Å². The van der Waals surface area contributed by atoms with Crippen molar-refractivity contribution in [1.82, 2.24) is 9.97 Å². The van der Waals surface area contributed by atoms with Gasteiger partial charge in [-0.1, -0.05) is 6.92 Å². The highest BCUT2D eigenvalue weighted by atomic mass is 32.2. The average Bonchev–Trinajstić information content (AvgIpc) is 3.19. The van der Waals surface area contributed by atoms with Gasteiger partial charge in [0.2, 0.25) is 0 Å². The zero-order valence-corrected chi connectivity index (χ0v) is 13.2. The molecule has 1 saturated heterocycles. The Morgan fingerprint density at radius 1 is 1.35 bits per heavy atom. The lowest BCUT2D eigenvalue weighted by Crippen LogP contribution is -2.32. The molecule has 1 aromatic heterocycles. The molecule has 2 heterocycles. The minimum absolute atomic E-state index is 0.600. The van der Waals surface area contributed by atoms with Crippen LogP contribution in [-0.4, -0.2) is 41.1 Å². The minimum atomic E-state index is 0.600. The highest BCUT2D eigenvalue weighted by molar-refractivity contribution is 7.99. The summed E-state index contributed by atoms with van der Waals surface area (Å²) in [6, 6.07) is 2.74. The van der Waals surface area contributed by atoms with Crippen molar-refractivity contribution in [2.24, 2.45) is 0 Å². The Bertz CT molecular complexity index is 455. The van der Waals surface area contributed by atoms with Crippen LogP contribution in [0.2, 0.25) is 0 Å². The van der Waals surface area contributed by atoms with Crippen LogP contribution in [0.25, 0.3) is 0 Å². The van der Waals surface area contributed by atoms with Crippen molar-refractivity contribution < 1.29 is 0 Å². The highest BCUT2D eigenvalue weighted by Gasteiger charge is 2.29. The summed E-state index contributed by atoms with van der Waals surface area (Å²) < 4.78 is 0. The summed E-state index contributed by atoms with van der Waals surface area (Å²) in [7, 11) is 2.18. The Balaban J connectivity index is 1.81. The second-order valence-electron chi connectivity index (χ2n) is 5.80. The molecule has 1 aliphatic heterocycles. The molecule has 2 aliphatic rings. The van der Waals surface area contributed by atoms with Crippen molar-refractivity contribution in [3.05, 3.63) is 11.9 Å². The lowest BCUT2D eigenvalue weighted by molar-refractivity contribution is 0.687. The SMILES string of the molecule is CCCNc1cc(N(C)C2CCSC2)nc(C2CC2)n1. The normalized spacial score (nSPS) is 22.0. The van der Waals surface area contributed by atoms with Gasteiger partial charge in [-0.15, -0.1) is 0 Å². The van der Waals surface area contributed by atoms with Crippen molar-refractivity contribution >= 4 is 23.4 Å². The third kappa shape index (κ3) is 3.19. The fraction of sp³-hybridized carbons (Fsp3) is 0.733. The topological polar surface area (TPSA) is 41.0 Å². The first-order valence-corrected chi connectivity index (χ1v) is 8.87. The van der Waals surface area contributed by atoms with Gasteiger partial charge in [0.1, 0.15) is 17.5 Å². The molecule has 2 fully saturated rings. The minimum Gasteiger partial charge on any atom is -0.370 e. The average molecular weight is 292 g/mol. The maximum Gasteiger partial charge on any atom is 0.136 e. The number of nitrogens with zero attached hydrogens (tertiary/aromatic N) is 3. The van der Waals surface area contributed by atoms with Crippen molar-refractivity contribution in [2.45, 2.75) is 44.6 Å². The van der Waals surface area contributed by atoms with E-state index in [1.165, 1.54) is 30.8 Å². The van der Waals surface area contributed by atoms with Crippen molar-refractivity contribution in [3.63, 3.8) is 0 Å². The van der Waals surface area contributed by atoms with Gasteiger partial charge in [0, 0.05) is 37.4 Å². The van der Waals surface area contributed by atoms with Gasteiger partial charge in [0.15, 0.2) is 0 Å². The van der Waals surface area contributed by atoms with Gasteiger partial charge in [-0.2, -0.15) is 11.8 Å². The van der Waals surface area contributed by atoms with Gasteiger partial charge in [-0.3, -0.25) is 0 Å². The summed E-state index contributed by atoms with van der Waals surface area (Å²) in [6.07, 6.45) is 4.88. The molecule has 1 N–H and O–H groups in total.